The second-order valence-corrected chi connectivity index (χ2v) is 7.68. The van der Waals surface area contributed by atoms with Crippen LogP contribution in [0.3, 0.4) is 0 Å². The van der Waals surface area contributed by atoms with Crippen molar-refractivity contribution in [3.63, 3.8) is 0 Å². The zero-order chi connectivity index (χ0) is 20.0. The number of amides is 1. The lowest BCUT2D eigenvalue weighted by Crippen LogP contribution is -2.36. The maximum Gasteiger partial charge on any atom is 0.276 e. The Hall–Kier alpha value is -2.60. The van der Waals surface area contributed by atoms with Crippen LogP contribution in [0.2, 0.25) is 5.02 Å². The first-order valence-corrected chi connectivity index (χ1v) is 9.27. The smallest absolute Gasteiger partial charge is 0.276 e. The highest BCUT2D eigenvalue weighted by molar-refractivity contribution is 7.89. The van der Waals surface area contributed by atoms with Gasteiger partial charge in [0.25, 0.3) is 15.9 Å². The summed E-state index contributed by atoms with van der Waals surface area (Å²) in [6.07, 6.45) is 0.854. The molecule has 0 unspecified atom stereocenters. The molecule has 2 heterocycles. The van der Waals surface area contributed by atoms with Crippen molar-refractivity contribution < 1.29 is 23.4 Å². The molecule has 0 atom stereocenters. The second-order valence-electron chi connectivity index (χ2n) is 5.65. The van der Waals surface area contributed by atoms with E-state index in [2.05, 4.69) is 14.5 Å². The topological polar surface area (TPSA) is 140 Å². The maximum absolute atomic E-state index is 12.3. The quantitative estimate of drug-likeness (QED) is 0.721. The van der Waals surface area contributed by atoms with E-state index in [1.807, 2.05) is 0 Å². The molecule has 1 aliphatic heterocycles. The van der Waals surface area contributed by atoms with Crippen molar-refractivity contribution in [2.24, 2.45) is 21.5 Å². The molecule has 26 heavy (non-hydrogen) atoms. The van der Waals surface area contributed by atoms with E-state index in [-0.39, 0.29) is 28.0 Å². The molecular weight excluding hydrogens is 388 g/mol. The number of nitrogens with zero attached hydrogens (tertiary/aromatic N) is 6. The molecule has 0 bridgehead atoms. The number of aromatic nitrogens is 1. The number of aliphatic imine (C=N–C) groups is 1. The van der Waals surface area contributed by atoms with Gasteiger partial charge >= 0.3 is 0 Å². The second kappa shape index (κ2) is 6.61. The number of aromatic hydroxyl groups is 2. The molecule has 2 N–H and O–H groups in total. The predicted molar refractivity (Wildman–Crippen MR) is 97.0 cm³/mol. The highest BCUT2D eigenvalue weighted by Crippen LogP contribution is 2.43. The van der Waals surface area contributed by atoms with Gasteiger partial charge in [0.2, 0.25) is 11.8 Å². The Morgan fingerprint density at radius 1 is 1.23 bits per heavy atom. The van der Waals surface area contributed by atoms with Gasteiger partial charge in [0.1, 0.15) is 10.7 Å². The number of hydrazone groups is 1. The van der Waals surface area contributed by atoms with Crippen LogP contribution in [0.15, 0.2) is 14.5 Å². The van der Waals surface area contributed by atoms with Gasteiger partial charge in [-0.15, -0.1) is 0 Å². The predicted octanol–water partition coefficient (Wildman–Crippen LogP) is -0.0901. The van der Waals surface area contributed by atoms with E-state index in [1.54, 1.807) is 0 Å². The molecule has 0 spiro atoms. The van der Waals surface area contributed by atoms with Gasteiger partial charge in [0.05, 0.1) is 6.26 Å². The number of carbonyl (C=O) groups excluding carboxylic acids is 1. The molecule has 0 aromatic carbocycles. The molecule has 142 valence electrons. The minimum atomic E-state index is -3.89. The van der Waals surface area contributed by atoms with Gasteiger partial charge in [0, 0.05) is 28.2 Å². The highest BCUT2D eigenvalue weighted by Gasteiger charge is 2.35. The van der Waals surface area contributed by atoms with Crippen molar-refractivity contribution in [3.05, 3.63) is 5.02 Å². The Labute approximate surface area is 154 Å². The molecule has 1 aromatic heterocycles. The zero-order valence-corrected chi connectivity index (χ0v) is 16.2. The third kappa shape index (κ3) is 3.51. The first kappa shape index (κ1) is 19.7. The number of halogens is 1. The molecule has 0 saturated heterocycles. The number of sulfonamides is 1. The summed E-state index contributed by atoms with van der Waals surface area (Å²) in [6.45, 7) is 0. The summed E-state index contributed by atoms with van der Waals surface area (Å²) in [4.78, 5) is 17.6. The van der Waals surface area contributed by atoms with E-state index in [1.165, 1.54) is 33.1 Å². The number of rotatable bonds is 3. The fraction of sp³-hybridized carbons (Fsp3) is 0.385. The van der Waals surface area contributed by atoms with Crippen LogP contribution < -0.4 is 0 Å². The largest absolute Gasteiger partial charge is 0.493 e. The number of carbonyl (C=O) groups is 1. The summed E-state index contributed by atoms with van der Waals surface area (Å²) in [6, 6.07) is 0. The van der Waals surface area contributed by atoms with Gasteiger partial charge in [-0.25, -0.2) is 18.4 Å². The highest BCUT2D eigenvalue weighted by atomic mass is 35.5. The first-order valence-electron chi connectivity index (χ1n) is 7.04. The molecule has 0 aliphatic carbocycles. The van der Waals surface area contributed by atoms with E-state index in [0.717, 1.165) is 15.8 Å². The Morgan fingerprint density at radius 3 is 2.23 bits per heavy atom. The van der Waals surface area contributed by atoms with Crippen molar-refractivity contribution in [1.29, 1.82) is 0 Å². The summed E-state index contributed by atoms with van der Waals surface area (Å²) in [5.74, 6) is -1.62. The molecule has 1 aliphatic rings. The lowest BCUT2D eigenvalue weighted by atomic mass is 10.2. The van der Waals surface area contributed by atoms with E-state index in [4.69, 9.17) is 11.6 Å². The van der Waals surface area contributed by atoms with Crippen LogP contribution >= 0.6 is 11.6 Å². The molecule has 2 rings (SSSR count). The van der Waals surface area contributed by atoms with Gasteiger partial charge in [-0.1, -0.05) is 11.6 Å². The lowest BCUT2D eigenvalue weighted by molar-refractivity contribution is -0.121. The van der Waals surface area contributed by atoms with Crippen molar-refractivity contribution >= 4 is 50.5 Å². The number of hydrogen-bond acceptors (Lipinski definition) is 7. The van der Waals surface area contributed by atoms with E-state index >= 15 is 0 Å². The Balaban J connectivity index is 2.71. The monoisotopic (exact) mass is 404 g/mol. The Morgan fingerprint density at radius 2 is 1.81 bits per heavy atom. The fourth-order valence-electron chi connectivity index (χ4n) is 2.05. The van der Waals surface area contributed by atoms with E-state index in [9.17, 15) is 23.4 Å². The molecule has 1 amide bonds. The zero-order valence-electron chi connectivity index (χ0n) is 14.6. The van der Waals surface area contributed by atoms with Crippen molar-refractivity contribution in [3.8, 4) is 11.8 Å². The molecule has 0 saturated carbocycles. The Kier molecular flexibility index (Phi) is 5.01. The average molecular weight is 405 g/mol. The molecule has 1 aromatic rings. The fourth-order valence-corrected chi connectivity index (χ4v) is 2.80. The van der Waals surface area contributed by atoms with E-state index in [0.29, 0.717) is 0 Å². The molecular formula is C13H17ClN6O5S. The normalized spacial score (nSPS) is 17.9. The summed E-state index contributed by atoms with van der Waals surface area (Å²) in [5, 5.41) is 24.7. The van der Waals surface area contributed by atoms with Crippen molar-refractivity contribution in [2.75, 3.05) is 27.4 Å². The molecule has 0 fully saturated rings. The van der Waals surface area contributed by atoms with Gasteiger partial charge < -0.3 is 15.1 Å². The third-order valence-electron chi connectivity index (χ3n) is 3.33. The number of amidine groups is 1. The van der Waals surface area contributed by atoms with Crippen LogP contribution in [0.1, 0.15) is 0 Å². The van der Waals surface area contributed by atoms with Crippen LogP contribution in [0.25, 0.3) is 0 Å². The Bertz CT molecular complexity index is 950. The minimum Gasteiger partial charge on any atom is -0.493 e. The van der Waals surface area contributed by atoms with Crippen LogP contribution in [0, 0.1) is 0 Å². The van der Waals surface area contributed by atoms with E-state index < -0.39 is 27.7 Å². The summed E-state index contributed by atoms with van der Waals surface area (Å²) in [7, 11) is 1.81. The van der Waals surface area contributed by atoms with Gasteiger partial charge in [-0.2, -0.15) is 9.50 Å². The van der Waals surface area contributed by atoms with Crippen LogP contribution in [-0.2, 0) is 21.9 Å². The summed E-state index contributed by atoms with van der Waals surface area (Å²) in [5.41, 5.74) is -0.756. The molecule has 11 nitrogen and oxygen atoms in total. The maximum atomic E-state index is 12.3. The summed E-state index contributed by atoms with van der Waals surface area (Å²) < 4.78 is 27.9. The minimum absolute atomic E-state index is 0.136. The van der Waals surface area contributed by atoms with Crippen molar-refractivity contribution in [2.45, 2.75) is 0 Å². The summed E-state index contributed by atoms with van der Waals surface area (Å²) >= 11 is 5.95. The van der Waals surface area contributed by atoms with Crippen LogP contribution in [-0.4, -0.2) is 83.7 Å². The number of hydrogen-bond donors (Lipinski definition) is 2. The van der Waals surface area contributed by atoms with Crippen molar-refractivity contribution in [1.82, 2.24) is 14.5 Å². The lowest BCUT2D eigenvalue weighted by Gasteiger charge is -2.09. The molecule has 13 heteroatoms. The standard InChI is InChI=1S/C13H17ClN6O5S/c1-18(2)12(22)9-8(17-26(5,24)25)10(20(4)16-9)15-7-6(14)11(21)19(3)13(7)23/h21,23H,1-5H3/b15-10?,17-8-. The van der Waals surface area contributed by atoms with Gasteiger partial charge in [0.15, 0.2) is 17.3 Å². The average Bonchev–Trinajstić information content (AvgIpc) is 2.91. The van der Waals surface area contributed by atoms with Crippen LogP contribution in [0.4, 0.5) is 5.69 Å². The van der Waals surface area contributed by atoms with Gasteiger partial charge in [-0.3, -0.25) is 9.36 Å². The van der Waals surface area contributed by atoms with Crippen LogP contribution in [0.5, 0.6) is 11.8 Å². The van der Waals surface area contributed by atoms with Gasteiger partial charge in [-0.05, 0) is 0 Å². The SMILES string of the molecule is CN(C)C(=O)C1=NN(C)C(=Nc2c(Cl)c(O)n(C)c2O)/C1=N\S(C)(=O)=O. The molecule has 0 radical (unpaired) electrons. The third-order valence-corrected chi connectivity index (χ3v) is 4.19. The first-order chi connectivity index (χ1) is 11.8.